The molecule has 0 aromatic heterocycles. The molecule has 6 nitrogen and oxygen atoms in total. The van der Waals surface area contributed by atoms with E-state index in [1.165, 1.54) is 6.92 Å². The van der Waals surface area contributed by atoms with E-state index >= 15 is 0 Å². The number of aryl methyl sites for hydroxylation is 2. The summed E-state index contributed by atoms with van der Waals surface area (Å²) in [5, 5.41) is 5.04. The first kappa shape index (κ1) is 19.5. The minimum absolute atomic E-state index is 0.302. The standard InChI is InChI=1S/C20H19F2N3O3/c1-11-5-4-6-12(2)17(11)23-16(26)10-25-18(27)20(3,24-19(25)28)14-9-13(21)7-8-15(14)22/h4-9H,10H2,1-3H3,(H,23,26)(H,24,28)/t20-/m1/s1. The number of hydrogen-bond donors (Lipinski definition) is 2. The monoisotopic (exact) mass is 387 g/mol. The van der Waals surface area contributed by atoms with E-state index in [4.69, 9.17) is 0 Å². The van der Waals surface area contributed by atoms with Gasteiger partial charge in [0.15, 0.2) is 0 Å². The quantitative estimate of drug-likeness (QED) is 0.792. The lowest BCUT2D eigenvalue weighted by atomic mass is 9.91. The molecule has 28 heavy (non-hydrogen) atoms. The van der Waals surface area contributed by atoms with Crippen LogP contribution in [0.25, 0.3) is 0 Å². The minimum atomic E-state index is -1.80. The van der Waals surface area contributed by atoms with Crippen LogP contribution < -0.4 is 10.6 Å². The molecule has 0 saturated carbocycles. The lowest BCUT2D eigenvalue weighted by Crippen LogP contribution is -2.42. The summed E-state index contributed by atoms with van der Waals surface area (Å²) in [5.74, 6) is -2.99. The number of benzene rings is 2. The van der Waals surface area contributed by atoms with Crippen molar-refractivity contribution in [1.29, 1.82) is 0 Å². The molecule has 0 bridgehead atoms. The molecule has 1 aliphatic heterocycles. The SMILES string of the molecule is Cc1cccc(C)c1NC(=O)CN1C(=O)N[C@](C)(c2cc(F)ccc2F)C1=O. The molecule has 1 aliphatic rings. The van der Waals surface area contributed by atoms with Crippen LogP contribution in [0.2, 0.25) is 0 Å². The fraction of sp³-hybridized carbons (Fsp3) is 0.250. The van der Waals surface area contributed by atoms with Gasteiger partial charge in [-0.3, -0.25) is 14.5 Å². The van der Waals surface area contributed by atoms with Gasteiger partial charge in [-0.15, -0.1) is 0 Å². The highest BCUT2D eigenvalue weighted by molar-refractivity contribution is 6.10. The summed E-state index contributed by atoms with van der Waals surface area (Å²) in [4.78, 5) is 38.2. The average Bonchev–Trinajstić information content (AvgIpc) is 2.84. The highest BCUT2D eigenvalue weighted by atomic mass is 19.1. The van der Waals surface area contributed by atoms with Crippen molar-refractivity contribution in [3.8, 4) is 0 Å². The molecule has 0 unspecified atom stereocenters. The number of nitrogens with one attached hydrogen (secondary N) is 2. The number of carbonyl (C=O) groups excluding carboxylic acids is 3. The van der Waals surface area contributed by atoms with Crippen LogP contribution in [0, 0.1) is 25.5 Å². The largest absolute Gasteiger partial charge is 0.325 e. The minimum Gasteiger partial charge on any atom is -0.324 e. The summed E-state index contributed by atoms with van der Waals surface area (Å²) in [5.41, 5.74) is 0.152. The van der Waals surface area contributed by atoms with Gasteiger partial charge < -0.3 is 10.6 Å². The van der Waals surface area contributed by atoms with Gasteiger partial charge in [0.2, 0.25) is 5.91 Å². The van der Waals surface area contributed by atoms with Crippen LogP contribution >= 0.6 is 0 Å². The van der Waals surface area contributed by atoms with Crippen LogP contribution in [0.4, 0.5) is 19.3 Å². The number of halogens is 2. The van der Waals surface area contributed by atoms with Crippen LogP contribution in [-0.2, 0) is 15.1 Å². The van der Waals surface area contributed by atoms with Gasteiger partial charge in [-0.25, -0.2) is 13.6 Å². The molecule has 8 heteroatoms. The van der Waals surface area contributed by atoms with Gasteiger partial charge in [-0.2, -0.15) is 0 Å². The Labute approximate surface area is 160 Å². The molecular weight excluding hydrogens is 368 g/mol. The zero-order valence-electron chi connectivity index (χ0n) is 15.6. The zero-order valence-corrected chi connectivity index (χ0v) is 15.6. The molecular formula is C20H19F2N3O3. The molecule has 0 spiro atoms. The number of para-hydroxylation sites is 1. The van der Waals surface area contributed by atoms with E-state index in [-0.39, 0.29) is 5.56 Å². The van der Waals surface area contributed by atoms with Crippen molar-refractivity contribution in [1.82, 2.24) is 10.2 Å². The van der Waals surface area contributed by atoms with Crippen molar-refractivity contribution in [2.45, 2.75) is 26.3 Å². The molecule has 0 radical (unpaired) electrons. The van der Waals surface area contributed by atoms with Gasteiger partial charge in [0.1, 0.15) is 23.7 Å². The second-order valence-corrected chi connectivity index (χ2v) is 6.89. The lowest BCUT2D eigenvalue weighted by Gasteiger charge is -2.22. The Morgan fingerprint density at radius 1 is 1.14 bits per heavy atom. The molecule has 1 saturated heterocycles. The van der Waals surface area contributed by atoms with E-state index in [1.54, 1.807) is 0 Å². The maximum Gasteiger partial charge on any atom is 0.325 e. The van der Waals surface area contributed by atoms with Crippen molar-refractivity contribution < 1.29 is 23.2 Å². The highest BCUT2D eigenvalue weighted by Crippen LogP contribution is 2.31. The van der Waals surface area contributed by atoms with Crippen LogP contribution in [-0.4, -0.2) is 29.3 Å². The first-order valence-electron chi connectivity index (χ1n) is 8.59. The number of carbonyl (C=O) groups is 3. The number of rotatable bonds is 4. The summed E-state index contributed by atoms with van der Waals surface area (Å²) in [6.07, 6.45) is 0. The second kappa shape index (κ2) is 7.03. The second-order valence-electron chi connectivity index (χ2n) is 6.89. The number of anilines is 1. The molecule has 3 rings (SSSR count). The van der Waals surface area contributed by atoms with Gasteiger partial charge in [-0.05, 0) is 50.1 Å². The lowest BCUT2D eigenvalue weighted by molar-refractivity contribution is -0.133. The fourth-order valence-electron chi connectivity index (χ4n) is 3.24. The Bertz CT molecular complexity index is 972. The van der Waals surface area contributed by atoms with Crippen LogP contribution in [0.5, 0.6) is 0 Å². The summed E-state index contributed by atoms with van der Waals surface area (Å²) < 4.78 is 27.7. The number of nitrogens with zero attached hydrogens (tertiary/aromatic N) is 1. The van der Waals surface area contributed by atoms with Gasteiger partial charge in [0.25, 0.3) is 5.91 Å². The predicted molar refractivity (Wildman–Crippen MR) is 98.5 cm³/mol. The molecule has 1 fully saturated rings. The smallest absolute Gasteiger partial charge is 0.324 e. The van der Waals surface area contributed by atoms with E-state index in [9.17, 15) is 23.2 Å². The van der Waals surface area contributed by atoms with Crippen molar-refractivity contribution >= 4 is 23.5 Å². The number of hydrogen-bond acceptors (Lipinski definition) is 3. The van der Waals surface area contributed by atoms with Crippen molar-refractivity contribution in [3.05, 3.63) is 64.7 Å². The Kier molecular flexibility index (Phi) is 4.89. The summed E-state index contributed by atoms with van der Waals surface area (Å²) >= 11 is 0. The topological polar surface area (TPSA) is 78.5 Å². The zero-order chi connectivity index (χ0) is 20.6. The summed E-state index contributed by atoms with van der Waals surface area (Å²) in [7, 11) is 0. The van der Waals surface area contributed by atoms with Crippen molar-refractivity contribution in [3.63, 3.8) is 0 Å². The third-order valence-electron chi connectivity index (χ3n) is 4.79. The average molecular weight is 387 g/mol. The molecule has 2 aromatic rings. The third-order valence-corrected chi connectivity index (χ3v) is 4.79. The van der Waals surface area contributed by atoms with Gasteiger partial charge in [-0.1, -0.05) is 18.2 Å². The van der Waals surface area contributed by atoms with E-state index < -0.39 is 41.6 Å². The van der Waals surface area contributed by atoms with Gasteiger partial charge in [0.05, 0.1) is 0 Å². The van der Waals surface area contributed by atoms with Crippen LogP contribution in [0.3, 0.4) is 0 Å². The summed E-state index contributed by atoms with van der Waals surface area (Å²) in [6, 6.07) is 7.28. The van der Waals surface area contributed by atoms with Crippen LogP contribution in [0.15, 0.2) is 36.4 Å². The molecule has 0 aliphatic carbocycles. The fourth-order valence-corrected chi connectivity index (χ4v) is 3.24. The Morgan fingerprint density at radius 2 is 1.79 bits per heavy atom. The normalized spacial score (nSPS) is 19.0. The first-order chi connectivity index (χ1) is 13.1. The highest BCUT2D eigenvalue weighted by Gasteiger charge is 2.50. The molecule has 146 valence electrons. The van der Waals surface area contributed by atoms with Crippen LogP contribution in [0.1, 0.15) is 23.6 Å². The third kappa shape index (κ3) is 3.33. The maximum absolute atomic E-state index is 14.2. The maximum atomic E-state index is 14.2. The van der Waals surface area contributed by atoms with Gasteiger partial charge in [0, 0.05) is 11.3 Å². The number of imide groups is 1. The molecule has 2 N–H and O–H groups in total. The van der Waals surface area contributed by atoms with E-state index in [0.717, 1.165) is 29.3 Å². The predicted octanol–water partition coefficient (Wildman–Crippen LogP) is 2.99. The molecule has 2 aromatic carbocycles. The Morgan fingerprint density at radius 3 is 2.43 bits per heavy atom. The first-order valence-corrected chi connectivity index (χ1v) is 8.59. The van der Waals surface area contributed by atoms with Crippen molar-refractivity contribution in [2.24, 2.45) is 0 Å². The number of amides is 4. The molecule has 1 heterocycles. The van der Waals surface area contributed by atoms with Gasteiger partial charge >= 0.3 is 6.03 Å². The Balaban J connectivity index is 1.82. The number of urea groups is 1. The summed E-state index contributed by atoms with van der Waals surface area (Å²) in [6.45, 7) is 4.36. The van der Waals surface area contributed by atoms with E-state index in [2.05, 4.69) is 10.6 Å². The Hall–Kier alpha value is -3.29. The van der Waals surface area contributed by atoms with E-state index in [1.807, 2.05) is 32.0 Å². The molecule has 4 amide bonds. The van der Waals surface area contributed by atoms with E-state index in [0.29, 0.717) is 10.6 Å². The molecule has 1 atom stereocenters. The van der Waals surface area contributed by atoms with Crippen molar-refractivity contribution in [2.75, 3.05) is 11.9 Å².